The van der Waals surface area contributed by atoms with E-state index in [1.165, 1.54) is 6.42 Å². The molecule has 5 fully saturated rings. The number of hydrogen-bond acceptors (Lipinski definition) is 10. The van der Waals surface area contributed by atoms with E-state index in [9.17, 15) is 24.9 Å². The van der Waals surface area contributed by atoms with E-state index in [1.54, 1.807) is 24.1 Å². The highest BCUT2D eigenvalue weighted by Gasteiger charge is 2.57. The molecule has 3 saturated carbocycles. The van der Waals surface area contributed by atoms with Crippen LogP contribution >= 0.6 is 0 Å². The summed E-state index contributed by atoms with van der Waals surface area (Å²) in [5.74, 6) is 0.0722. The largest absolute Gasteiger partial charge is 0.491 e. The van der Waals surface area contributed by atoms with Crippen molar-refractivity contribution in [2.24, 2.45) is 29.1 Å². The standard InChI is InChI=1S/C39H56N4O8/c1-23-31-19-28(39(31,3)4)20-32(23)40-37(46)35-34(24(2)45)33(22-44)51-43(35)21-25-8-7-9-30(36(25)50-15-12-42-10-13-49-14-11-42)26-16-27(38(47)48)18-29(17-26)41(5)6/h7-9,16-18,23-24,28,31-35,44-45H,10-15,19-22H2,1-6H3,(H,40,46)(H,47,48)/t23?,24-,28+,31-,32-,33-,34+,35-/m0/s1. The summed E-state index contributed by atoms with van der Waals surface area (Å²) in [5.41, 5.74) is 3.29. The molecule has 2 heterocycles. The number of anilines is 1. The molecule has 3 aliphatic carbocycles. The summed E-state index contributed by atoms with van der Waals surface area (Å²) in [6, 6.07) is 10.1. The maximum absolute atomic E-state index is 14.3. The second kappa shape index (κ2) is 15.4. The van der Waals surface area contributed by atoms with Crippen LogP contribution in [-0.4, -0.2) is 122 Å². The Balaban J connectivity index is 1.33. The average Bonchev–Trinajstić information content (AvgIpc) is 3.48. The van der Waals surface area contributed by atoms with Gasteiger partial charge in [-0.2, -0.15) is 5.06 Å². The zero-order valence-electron chi connectivity index (χ0n) is 30.9. The zero-order chi connectivity index (χ0) is 36.6. The number of hydrogen-bond donors (Lipinski definition) is 4. The van der Waals surface area contributed by atoms with Gasteiger partial charge in [0.15, 0.2) is 0 Å². The smallest absolute Gasteiger partial charge is 0.335 e. The van der Waals surface area contributed by atoms with Gasteiger partial charge in [-0.1, -0.05) is 39.0 Å². The molecule has 12 nitrogen and oxygen atoms in total. The maximum atomic E-state index is 14.3. The number of rotatable bonds is 13. The van der Waals surface area contributed by atoms with Crippen LogP contribution in [0.3, 0.4) is 0 Å². The van der Waals surface area contributed by atoms with Gasteiger partial charge in [0, 0.05) is 62.5 Å². The van der Waals surface area contributed by atoms with Crippen molar-refractivity contribution in [3.8, 4) is 16.9 Å². The highest BCUT2D eigenvalue weighted by atomic mass is 16.7. The molecule has 4 N–H and O–H groups in total. The fourth-order valence-corrected chi connectivity index (χ4v) is 9.01. The number of benzene rings is 2. The van der Waals surface area contributed by atoms with Crippen molar-refractivity contribution in [1.29, 1.82) is 0 Å². The number of carbonyl (C=O) groups excluding carboxylic acids is 1. The number of nitrogens with one attached hydrogen (secondary N) is 1. The number of aliphatic hydroxyl groups is 2. The van der Waals surface area contributed by atoms with E-state index >= 15 is 0 Å². The number of ether oxygens (including phenoxy) is 2. The first-order valence-electron chi connectivity index (χ1n) is 18.4. The van der Waals surface area contributed by atoms with Crippen LogP contribution in [0.2, 0.25) is 0 Å². The van der Waals surface area contributed by atoms with Gasteiger partial charge in [0.1, 0.15) is 24.5 Å². The summed E-state index contributed by atoms with van der Waals surface area (Å²) in [4.78, 5) is 36.9. The van der Waals surface area contributed by atoms with Gasteiger partial charge in [-0.25, -0.2) is 4.79 Å². The molecule has 0 spiro atoms. The van der Waals surface area contributed by atoms with Crippen molar-refractivity contribution in [3.05, 3.63) is 47.5 Å². The Kier molecular flexibility index (Phi) is 11.3. The highest BCUT2D eigenvalue weighted by molar-refractivity contribution is 5.92. The Morgan fingerprint density at radius 2 is 1.88 bits per heavy atom. The van der Waals surface area contributed by atoms with Crippen LogP contribution in [0.4, 0.5) is 5.69 Å². The maximum Gasteiger partial charge on any atom is 0.335 e. The van der Waals surface area contributed by atoms with E-state index in [1.807, 2.05) is 43.3 Å². The summed E-state index contributed by atoms with van der Waals surface area (Å²) in [5, 5.41) is 36.3. The highest BCUT2D eigenvalue weighted by Crippen LogP contribution is 2.61. The van der Waals surface area contributed by atoms with Crippen LogP contribution in [-0.2, 0) is 20.9 Å². The third kappa shape index (κ3) is 7.63. The molecule has 5 aliphatic rings. The van der Waals surface area contributed by atoms with Crippen molar-refractivity contribution >= 4 is 17.6 Å². The predicted molar refractivity (Wildman–Crippen MR) is 193 cm³/mol. The number of fused-ring (bicyclic) bond motifs is 2. The lowest BCUT2D eigenvalue weighted by Crippen LogP contribution is -2.62. The zero-order valence-corrected chi connectivity index (χ0v) is 30.9. The molecule has 12 heteroatoms. The molecule has 2 bridgehead atoms. The summed E-state index contributed by atoms with van der Waals surface area (Å²) in [6.45, 7) is 12.3. The molecule has 2 aromatic rings. The molecule has 2 saturated heterocycles. The molecule has 1 amide bonds. The Hall–Kier alpha value is -3.26. The van der Waals surface area contributed by atoms with Gasteiger partial charge in [0.2, 0.25) is 5.91 Å². The number of amides is 1. The summed E-state index contributed by atoms with van der Waals surface area (Å²) >= 11 is 0. The molecule has 1 unspecified atom stereocenters. The molecule has 0 aromatic heterocycles. The van der Waals surface area contributed by atoms with Crippen molar-refractivity contribution in [2.75, 3.05) is 65.1 Å². The van der Waals surface area contributed by atoms with Crippen LogP contribution in [0.1, 0.15) is 56.5 Å². The fourth-order valence-electron chi connectivity index (χ4n) is 9.01. The second-order valence-electron chi connectivity index (χ2n) is 15.8. The number of para-hydroxylation sites is 1. The normalized spacial score (nSPS) is 29.6. The third-order valence-electron chi connectivity index (χ3n) is 12.2. The van der Waals surface area contributed by atoms with Crippen LogP contribution in [0, 0.1) is 29.1 Å². The van der Waals surface area contributed by atoms with Crippen molar-refractivity contribution < 1.29 is 39.2 Å². The topological polar surface area (TPSA) is 144 Å². The lowest BCUT2D eigenvalue weighted by molar-refractivity contribution is -0.183. The lowest BCUT2D eigenvalue weighted by atomic mass is 9.45. The summed E-state index contributed by atoms with van der Waals surface area (Å²) in [6.07, 6.45) is 0.414. The Labute approximate surface area is 301 Å². The molecule has 280 valence electrons. The SMILES string of the molecule is CC1[C@@H](NC(=O)[C@@H]2[C@H]([C@H](C)O)[C@H](CO)ON2Cc2cccc(-c3cc(C(=O)O)cc(N(C)C)c3)c2OCCN2CCOCC2)C[C@H]2C[C@@H]1C2(C)C. The van der Waals surface area contributed by atoms with E-state index < -0.39 is 30.1 Å². The molecule has 2 aliphatic heterocycles. The molecule has 8 atom stereocenters. The van der Waals surface area contributed by atoms with E-state index in [0.717, 1.165) is 30.8 Å². The molecular weight excluding hydrogens is 652 g/mol. The number of nitrogens with zero attached hydrogens (tertiary/aromatic N) is 3. The minimum absolute atomic E-state index is 0.0220. The molecule has 7 rings (SSSR count). The Bertz CT molecular complexity index is 1560. The van der Waals surface area contributed by atoms with Crippen molar-refractivity contribution in [1.82, 2.24) is 15.3 Å². The Morgan fingerprint density at radius 3 is 2.51 bits per heavy atom. The minimum Gasteiger partial charge on any atom is -0.491 e. The number of carboxylic acid groups (broad SMARTS) is 1. The van der Waals surface area contributed by atoms with Crippen molar-refractivity contribution in [3.63, 3.8) is 0 Å². The van der Waals surface area contributed by atoms with Gasteiger partial charge >= 0.3 is 5.97 Å². The lowest BCUT2D eigenvalue weighted by Gasteiger charge is -2.62. The molecule has 2 aromatic carbocycles. The average molecular weight is 709 g/mol. The molecule has 0 radical (unpaired) electrons. The van der Waals surface area contributed by atoms with Gasteiger partial charge in [0.25, 0.3) is 0 Å². The number of hydroxylamine groups is 2. The van der Waals surface area contributed by atoms with Crippen LogP contribution in [0.5, 0.6) is 5.75 Å². The first-order valence-corrected chi connectivity index (χ1v) is 18.4. The van der Waals surface area contributed by atoms with Gasteiger partial charge in [0.05, 0.1) is 38.0 Å². The summed E-state index contributed by atoms with van der Waals surface area (Å²) < 4.78 is 12.1. The number of aliphatic hydroxyl groups excluding tert-OH is 2. The fraction of sp³-hybridized carbons (Fsp3) is 0.641. The van der Waals surface area contributed by atoms with E-state index in [4.69, 9.17) is 14.3 Å². The monoisotopic (exact) mass is 708 g/mol. The number of carbonyl (C=O) groups is 2. The third-order valence-corrected chi connectivity index (χ3v) is 12.2. The van der Waals surface area contributed by atoms with Crippen LogP contribution < -0.4 is 15.0 Å². The number of aromatic carboxylic acids is 1. The minimum atomic E-state index is -1.03. The van der Waals surface area contributed by atoms with Gasteiger partial charge < -0.3 is 35.0 Å². The van der Waals surface area contributed by atoms with E-state index in [-0.39, 0.29) is 36.1 Å². The van der Waals surface area contributed by atoms with Crippen molar-refractivity contribution in [2.45, 2.75) is 71.4 Å². The number of morpholine rings is 1. The molecular formula is C39H56N4O8. The first kappa shape index (κ1) is 37.5. The van der Waals surface area contributed by atoms with E-state index in [0.29, 0.717) is 61.0 Å². The van der Waals surface area contributed by atoms with E-state index in [2.05, 4.69) is 31.0 Å². The summed E-state index contributed by atoms with van der Waals surface area (Å²) in [7, 11) is 3.73. The second-order valence-corrected chi connectivity index (χ2v) is 15.8. The Morgan fingerprint density at radius 1 is 1.14 bits per heavy atom. The van der Waals surface area contributed by atoms with Crippen LogP contribution in [0.15, 0.2) is 36.4 Å². The van der Waals surface area contributed by atoms with Crippen LogP contribution in [0.25, 0.3) is 11.1 Å². The molecule has 51 heavy (non-hydrogen) atoms. The van der Waals surface area contributed by atoms with Gasteiger partial charge in [-0.3, -0.25) is 14.5 Å². The number of carboxylic acids is 1. The predicted octanol–water partition coefficient (Wildman–Crippen LogP) is 3.49. The van der Waals surface area contributed by atoms with Gasteiger partial charge in [-0.15, -0.1) is 0 Å². The van der Waals surface area contributed by atoms with Gasteiger partial charge in [-0.05, 0) is 66.7 Å². The first-order chi connectivity index (χ1) is 24.3. The quantitative estimate of drug-likeness (QED) is 0.243.